The molecule has 0 fully saturated rings. The maximum Gasteiger partial charge on any atom is 0.225 e. The van der Waals surface area contributed by atoms with E-state index < -0.39 is 0 Å². The minimum absolute atomic E-state index is 0.0203. The molecule has 0 radical (unpaired) electrons. The number of nitrogens with zero attached hydrogens (tertiary/aromatic N) is 2. The third kappa shape index (κ3) is 6.11. The monoisotopic (exact) mass is 385 g/mol. The van der Waals surface area contributed by atoms with Gasteiger partial charge in [0.25, 0.3) is 0 Å². The molecule has 0 aliphatic carbocycles. The third-order valence-electron chi connectivity index (χ3n) is 4.56. The number of nitrogens with one attached hydrogen (secondary N) is 1. The van der Waals surface area contributed by atoms with Crippen LogP contribution in [0.15, 0.2) is 30.3 Å². The molecule has 1 heterocycles. The molecule has 2 rings (SSSR count). The second kappa shape index (κ2) is 8.38. The maximum atomic E-state index is 12.7. The lowest BCUT2D eigenvalue weighted by Crippen LogP contribution is -2.20. The van der Waals surface area contributed by atoms with E-state index >= 15 is 0 Å². The summed E-state index contributed by atoms with van der Waals surface area (Å²) in [6.07, 6.45) is 1.50. The number of carbonyl (C=O) groups excluding carboxylic acids is 1. The molecule has 0 saturated carbocycles. The van der Waals surface area contributed by atoms with Crippen molar-refractivity contribution >= 4 is 11.7 Å². The molecule has 2 aromatic rings. The van der Waals surface area contributed by atoms with Crippen LogP contribution < -0.4 is 10.1 Å². The Morgan fingerprint density at radius 3 is 2.25 bits per heavy atom. The lowest BCUT2D eigenvalue weighted by Gasteiger charge is -2.22. The van der Waals surface area contributed by atoms with Crippen molar-refractivity contribution in [1.29, 1.82) is 0 Å². The molecule has 28 heavy (non-hydrogen) atoms. The Kier molecular flexibility index (Phi) is 6.58. The predicted molar refractivity (Wildman–Crippen MR) is 115 cm³/mol. The molecule has 0 saturated heterocycles. The molecule has 0 aliphatic heterocycles. The summed E-state index contributed by atoms with van der Waals surface area (Å²) in [5.41, 5.74) is 1.91. The van der Waals surface area contributed by atoms with Crippen LogP contribution in [0.5, 0.6) is 5.75 Å². The van der Waals surface area contributed by atoms with Crippen molar-refractivity contribution in [3.63, 3.8) is 0 Å². The summed E-state index contributed by atoms with van der Waals surface area (Å²) in [5.74, 6) is 1.82. The summed E-state index contributed by atoms with van der Waals surface area (Å²) in [6, 6.07) is 9.64. The number of anilines is 1. The van der Waals surface area contributed by atoms with E-state index in [1.54, 1.807) is 11.8 Å². The number of carbonyl (C=O) groups is 1. The van der Waals surface area contributed by atoms with E-state index in [4.69, 9.17) is 9.84 Å². The van der Waals surface area contributed by atoms with Gasteiger partial charge in [0, 0.05) is 17.9 Å². The normalized spacial score (nSPS) is 13.3. The van der Waals surface area contributed by atoms with Gasteiger partial charge in [0.05, 0.1) is 18.5 Å². The summed E-state index contributed by atoms with van der Waals surface area (Å²) >= 11 is 0. The molecular formula is C23H35N3O2. The summed E-state index contributed by atoms with van der Waals surface area (Å²) < 4.78 is 7.04. The smallest absolute Gasteiger partial charge is 0.225 e. The van der Waals surface area contributed by atoms with Crippen LogP contribution in [0.1, 0.15) is 67.0 Å². The number of amides is 1. The van der Waals surface area contributed by atoms with E-state index in [-0.39, 0.29) is 16.7 Å². The van der Waals surface area contributed by atoms with E-state index in [1.807, 2.05) is 30.3 Å². The summed E-state index contributed by atoms with van der Waals surface area (Å²) in [7, 11) is 1.64. The molecule has 1 amide bonds. The van der Waals surface area contributed by atoms with Crippen LogP contribution >= 0.6 is 0 Å². The molecule has 0 spiro atoms. The Labute approximate surface area is 169 Å². The highest BCUT2D eigenvalue weighted by atomic mass is 16.5. The fourth-order valence-electron chi connectivity index (χ4n) is 3.38. The predicted octanol–water partition coefficient (Wildman–Crippen LogP) is 5.58. The third-order valence-corrected chi connectivity index (χ3v) is 4.56. The summed E-state index contributed by atoms with van der Waals surface area (Å²) in [4.78, 5) is 12.7. The van der Waals surface area contributed by atoms with E-state index in [9.17, 15) is 4.79 Å². The summed E-state index contributed by atoms with van der Waals surface area (Å²) in [6.45, 7) is 15.1. The Hall–Kier alpha value is -2.30. The van der Waals surface area contributed by atoms with Crippen molar-refractivity contribution in [1.82, 2.24) is 9.78 Å². The Balaban J connectivity index is 2.26. The zero-order chi connectivity index (χ0) is 21.1. The van der Waals surface area contributed by atoms with E-state index in [0.717, 1.165) is 23.6 Å². The Morgan fingerprint density at radius 2 is 1.75 bits per heavy atom. The molecule has 0 bridgehead atoms. The van der Waals surface area contributed by atoms with Gasteiger partial charge >= 0.3 is 0 Å². The zero-order valence-corrected chi connectivity index (χ0v) is 18.6. The molecule has 0 aliphatic rings. The number of hydrogen-bond donors (Lipinski definition) is 1. The van der Waals surface area contributed by atoms with Gasteiger partial charge in [-0.1, -0.05) is 48.5 Å². The van der Waals surface area contributed by atoms with Crippen LogP contribution in [0.2, 0.25) is 0 Å². The van der Waals surface area contributed by atoms with Gasteiger partial charge in [-0.2, -0.15) is 5.10 Å². The van der Waals surface area contributed by atoms with Crippen LogP contribution in [0.4, 0.5) is 5.82 Å². The highest BCUT2D eigenvalue weighted by molar-refractivity contribution is 5.90. The zero-order valence-electron chi connectivity index (χ0n) is 18.6. The lowest BCUT2D eigenvalue weighted by atomic mass is 9.84. The first-order valence-corrected chi connectivity index (χ1v) is 9.94. The molecular weight excluding hydrogens is 350 g/mol. The van der Waals surface area contributed by atoms with Gasteiger partial charge in [-0.15, -0.1) is 0 Å². The number of methoxy groups -OCH3 is 1. The minimum atomic E-state index is -0.114. The van der Waals surface area contributed by atoms with Gasteiger partial charge in [-0.05, 0) is 42.0 Å². The van der Waals surface area contributed by atoms with Crippen molar-refractivity contribution in [3.05, 3.63) is 36.0 Å². The van der Waals surface area contributed by atoms with Crippen molar-refractivity contribution < 1.29 is 9.53 Å². The highest BCUT2D eigenvalue weighted by Gasteiger charge is 2.23. The van der Waals surface area contributed by atoms with E-state index in [0.29, 0.717) is 18.2 Å². The first-order valence-electron chi connectivity index (χ1n) is 9.94. The standard InChI is InChI=1S/C23H35N3O2/c1-16(15-22(2,3)4)13-21(27)24-20-14-19(23(5,6)7)25-26(20)17-9-11-18(28-8)12-10-17/h9-12,14,16H,13,15H2,1-8H3,(H,24,27). The van der Waals surface area contributed by atoms with Crippen molar-refractivity contribution in [2.45, 2.75) is 66.7 Å². The Bertz CT molecular complexity index is 793. The molecule has 154 valence electrons. The van der Waals surface area contributed by atoms with Gasteiger partial charge in [0.1, 0.15) is 11.6 Å². The fourth-order valence-corrected chi connectivity index (χ4v) is 3.38. The molecule has 5 nitrogen and oxygen atoms in total. The fraction of sp³-hybridized carbons (Fsp3) is 0.565. The molecule has 1 N–H and O–H groups in total. The SMILES string of the molecule is COc1ccc(-n2nc(C(C)(C)C)cc2NC(=O)CC(C)CC(C)(C)C)cc1. The van der Waals surface area contributed by atoms with Gasteiger partial charge in [-0.3, -0.25) is 4.79 Å². The number of benzene rings is 1. The minimum Gasteiger partial charge on any atom is -0.497 e. The van der Waals surface area contributed by atoms with E-state index in [1.165, 1.54) is 0 Å². The second-order valence-corrected chi connectivity index (χ2v) is 9.90. The van der Waals surface area contributed by atoms with Crippen molar-refractivity contribution in [2.75, 3.05) is 12.4 Å². The molecule has 1 aromatic heterocycles. The van der Waals surface area contributed by atoms with Crippen LogP contribution in [0, 0.1) is 11.3 Å². The topological polar surface area (TPSA) is 56.1 Å². The van der Waals surface area contributed by atoms with Crippen LogP contribution in [0.25, 0.3) is 5.69 Å². The molecule has 1 aromatic carbocycles. The van der Waals surface area contributed by atoms with Crippen molar-refractivity contribution in [3.8, 4) is 11.4 Å². The van der Waals surface area contributed by atoms with Crippen LogP contribution in [0.3, 0.4) is 0 Å². The number of ether oxygens (including phenoxy) is 1. The first kappa shape index (κ1) is 22.0. The molecule has 1 atom stereocenters. The van der Waals surface area contributed by atoms with Crippen LogP contribution in [-0.4, -0.2) is 22.8 Å². The Morgan fingerprint density at radius 1 is 1.14 bits per heavy atom. The second-order valence-electron chi connectivity index (χ2n) is 9.90. The highest BCUT2D eigenvalue weighted by Crippen LogP contribution is 2.29. The average Bonchev–Trinajstić information content (AvgIpc) is 2.96. The van der Waals surface area contributed by atoms with Crippen molar-refractivity contribution in [2.24, 2.45) is 11.3 Å². The van der Waals surface area contributed by atoms with Gasteiger partial charge in [-0.25, -0.2) is 4.68 Å². The van der Waals surface area contributed by atoms with Gasteiger partial charge in [0.15, 0.2) is 0 Å². The number of aromatic nitrogens is 2. The summed E-state index contributed by atoms with van der Waals surface area (Å²) in [5, 5.41) is 7.84. The largest absolute Gasteiger partial charge is 0.497 e. The number of hydrogen-bond acceptors (Lipinski definition) is 3. The number of rotatable bonds is 6. The maximum absolute atomic E-state index is 12.7. The van der Waals surface area contributed by atoms with E-state index in [2.05, 4.69) is 53.8 Å². The lowest BCUT2D eigenvalue weighted by molar-refractivity contribution is -0.117. The van der Waals surface area contributed by atoms with Gasteiger partial charge in [0.2, 0.25) is 5.91 Å². The quantitative estimate of drug-likeness (QED) is 0.706. The average molecular weight is 386 g/mol. The van der Waals surface area contributed by atoms with Gasteiger partial charge < -0.3 is 10.1 Å². The molecule has 5 heteroatoms. The first-order chi connectivity index (χ1) is 12.9. The van der Waals surface area contributed by atoms with Crippen LogP contribution in [-0.2, 0) is 10.2 Å². The molecule has 1 unspecified atom stereocenters.